The maximum Gasteiger partial charge on any atom is 0.323 e. The predicted octanol–water partition coefficient (Wildman–Crippen LogP) is 2.08. The van der Waals surface area contributed by atoms with Crippen molar-refractivity contribution in [1.29, 1.82) is 0 Å². The SMILES string of the molecule is CC(NCC1(C)CCCO1)c1ccc2[nH]c(=O)[nH]c2c1. The van der Waals surface area contributed by atoms with Crippen LogP contribution in [0.3, 0.4) is 0 Å². The van der Waals surface area contributed by atoms with Gasteiger partial charge in [0.1, 0.15) is 0 Å². The number of aromatic amines is 2. The molecule has 0 radical (unpaired) electrons. The van der Waals surface area contributed by atoms with Gasteiger partial charge in [0.25, 0.3) is 0 Å². The standard InChI is InChI=1S/C15H21N3O2/c1-10(16-9-15(2)6-3-7-20-15)11-4-5-12-13(8-11)18-14(19)17-12/h4-5,8,10,16H,3,6-7,9H2,1-2H3,(H2,17,18,19). The lowest BCUT2D eigenvalue weighted by atomic mass is 10.0. The number of H-pyrrole nitrogens is 2. The summed E-state index contributed by atoms with van der Waals surface area (Å²) in [5, 5.41) is 3.53. The average Bonchev–Trinajstić information content (AvgIpc) is 3.00. The van der Waals surface area contributed by atoms with Crippen LogP contribution in [0.1, 0.15) is 38.3 Å². The normalized spacial score (nSPS) is 24.3. The van der Waals surface area contributed by atoms with Crippen LogP contribution in [0.15, 0.2) is 23.0 Å². The first-order chi connectivity index (χ1) is 9.56. The van der Waals surface area contributed by atoms with Crippen molar-refractivity contribution in [3.63, 3.8) is 0 Å². The topological polar surface area (TPSA) is 69.9 Å². The van der Waals surface area contributed by atoms with E-state index in [4.69, 9.17) is 4.74 Å². The minimum absolute atomic E-state index is 0.0409. The Morgan fingerprint density at radius 2 is 2.20 bits per heavy atom. The van der Waals surface area contributed by atoms with E-state index in [0.29, 0.717) is 0 Å². The van der Waals surface area contributed by atoms with Gasteiger partial charge in [-0.25, -0.2) is 4.79 Å². The average molecular weight is 275 g/mol. The van der Waals surface area contributed by atoms with Gasteiger partial charge in [0, 0.05) is 19.2 Å². The summed E-state index contributed by atoms with van der Waals surface area (Å²) < 4.78 is 5.79. The summed E-state index contributed by atoms with van der Waals surface area (Å²) in [6.07, 6.45) is 2.25. The second-order valence-corrected chi connectivity index (χ2v) is 5.89. The van der Waals surface area contributed by atoms with Crippen LogP contribution in [0.4, 0.5) is 0 Å². The summed E-state index contributed by atoms with van der Waals surface area (Å²) in [4.78, 5) is 16.8. The van der Waals surface area contributed by atoms with Crippen LogP contribution in [0.5, 0.6) is 0 Å². The molecule has 3 N–H and O–H groups in total. The van der Waals surface area contributed by atoms with E-state index in [9.17, 15) is 4.79 Å². The number of fused-ring (bicyclic) bond motifs is 1. The Morgan fingerprint density at radius 3 is 2.95 bits per heavy atom. The zero-order chi connectivity index (χ0) is 14.2. The molecule has 108 valence electrons. The molecular formula is C15H21N3O2. The lowest BCUT2D eigenvalue weighted by molar-refractivity contribution is 0.0191. The van der Waals surface area contributed by atoms with E-state index in [1.54, 1.807) is 0 Å². The first-order valence-electron chi connectivity index (χ1n) is 7.15. The third kappa shape index (κ3) is 2.64. The summed E-state index contributed by atoms with van der Waals surface area (Å²) in [6, 6.07) is 6.22. The number of hydrogen-bond donors (Lipinski definition) is 3. The van der Waals surface area contributed by atoms with Gasteiger partial charge in [-0.3, -0.25) is 0 Å². The Bertz CT molecular complexity index is 652. The van der Waals surface area contributed by atoms with Crippen LogP contribution in [0, 0.1) is 0 Å². The van der Waals surface area contributed by atoms with E-state index in [-0.39, 0.29) is 17.3 Å². The fraction of sp³-hybridized carbons (Fsp3) is 0.533. The van der Waals surface area contributed by atoms with E-state index in [1.807, 2.05) is 18.2 Å². The number of imidazole rings is 1. The smallest absolute Gasteiger partial charge is 0.323 e. The van der Waals surface area contributed by atoms with Gasteiger partial charge in [0.15, 0.2) is 0 Å². The Morgan fingerprint density at radius 1 is 1.40 bits per heavy atom. The van der Waals surface area contributed by atoms with E-state index in [0.717, 1.165) is 42.6 Å². The third-order valence-electron chi connectivity index (χ3n) is 4.12. The van der Waals surface area contributed by atoms with E-state index in [1.165, 1.54) is 0 Å². The zero-order valence-electron chi connectivity index (χ0n) is 12.0. The second-order valence-electron chi connectivity index (χ2n) is 5.89. The van der Waals surface area contributed by atoms with Crippen molar-refractivity contribution in [2.24, 2.45) is 0 Å². The quantitative estimate of drug-likeness (QED) is 0.800. The number of aromatic nitrogens is 2. The van der Waals surface area contributed by atoms with Crippen molar-refractivity contribution < 1.29 is 4.74 Å². The highest BCUT2D eigenvalue weighted by molar-refractivity contribution is 5.75. The monoisotopic (exact) mass is 275 g/mol. The molecule has 5 heteroatoms. The maximum absolute atomic E-state index is 11.3. The maximum atomic E-state index is 11.3. The van der Waals surface area contributed by atoms with Crippen LogP contribution in [0.2, 0.25) is 0 Å². The highest BCUT2D eigenvalue weighted by Crippen LogP contribution is 2.25. The van der Waals surface area contributed by atoms with E-state index >= 15 is 0 Å². The van der Waals surface area contributed by atoms with Gasteiger partial charge in [-0.2, -0.15) is 0 Å². The van der Waals surface area contributed by atoms with Crippen molar-refractivity contribution in [3.05, 3.63) is 34.2 Å². The Labute approximate surface area is 117 Å². The minimum atomic E-state index is -0.162. The third-order valence-corrected chi connectivity index (χ3v) is 4.12. The molecule has 0 spiro atoms. The van der Waals surface area contributed by atoms with Gasteiger partial charge in [0.05, 0.1) is 16.6 Å². The molecule has 1 aliphatic rings. The second kappa shape index (κ2) is 5.07. The van der Waals surface area contributed by atoms with Gasteiger partial charge in [-0.15, -0.1) is 0 Å². The molecular weight excluding hydrogens is 254 g/mol. The van der Waals surface area contributed by atoms with Gasteiger partial charge in [0.2, 0.25) is 0 Å². The molecule has 1 aromatic carbocycles. The highest BCUT2D eigenvalue weighted by atomic mass is 16.5. The molecule has 1 fully saturated rings. The minimum Gasteiger partial charge on any atom is -0.374 e. The van der Waals surface area contributed by atoms with Crippen LogP contribution in [0.25, 0.3) is 11.0 Å². The lowest BCUT2D eigenvalue weighted by Gasteiger charge is -2.26. The first kappa shape index (κ1) is 13.4. The molecule has 0 aliphatic carbocycles. The van der Waals surface area contributed by atoms with E-state index < -0.39 is 0 Å². The summed E-state index contributed by atoms with van der Waals surface area (Å²) in [5.41, 5.74) is 2.65. The Balaban J connectivity index is 1.71. The molecule has 0 bridgehead atoms. The predicted molar refractivity (Wildman–Crippen MR) is 78.9 cm³/mol. The fourth-order valence-electron chi connectivity index (χ4n) is 2.78. The number of ether oxygens (including phenoxy) is 1. The molecule has 2 atom stereocenters. The number of rotatable bonds is 4. The van der Waals surface area contributed by atoms with Gasteiger partial charge in [-0.1, -0.05) is 6.07 Å². The van der Waals surface area contributed by atoms with Crippen molar-refractivity contribution >= 4 is 11.0 Å². The van der Waals surface area contributed by atoms with Crippen molar-refractivity contribution in [1.82, 2.24) is 15.3 Å². The summed E-state index contributed by atoms with van der Waals surface area (Å²) in [6.45, 7) is 6.00. The molecule has 1 aliphatic heterocycles. The molecule has 0 saturated carbocycles. The lowest BCUT2D eigenvalue weighted by Crippen LogP contribution is -2.38. The van der Waals surface area contributed by atoms with E-state index in [2.05, 4.69) is 29.1 Å². The fourth-order valence-corrected chi connectivity index (χ4v) is 2.78. The van der Waals surface area contributed by atoms with Gasteiger partial charge < -0.3 is 20.0 Å². The number of hydrogen-bond acceptors (Lipinski definition) is 3. The Hall–Kier alpha value is -1.59. The molecule has 0 amide bonds. The van der Waals surface area contributed by atoms with Crippen molar-refractivity contribution in [2.45, 2.75) is 38.3 Å². The highest BCUT2D eigenvalue weighted by Gasteiger charge is 2.29. The summed E-state index contributed by atoms with van der Waals surface area (Å²) in [7, 11) is 0. The largest absolute Gasteiger partial charge is 0.374 e. The van der Waals surface area contributed by atoms with Crippen LogP contribution >= 0.6 is 0 Å². The molecule has 2 aromatic rings. The molecule has 1 saturated heterocycles. The zero-order valence-corrected chi connectivity index (χ0v) is 12.0. The van der Waals surface area contributed by atoms with Crippen LogP contribution in [-0.2, 0) is 4.74 Å². The molecule has 20 heavy (non-hydrogen) atoms. The number of nitrogens with one attached hydrogen (secondary N) is 3. The van der Waals surface area contributed by atoms with Crippen LogP contribution < -0.4 is 11.0 Å². The molecule has 1 aromatic heterocycles. The molecule has 5 nitrogen and oxygen atoms in total. The van der Waals surface area contributed by atoms with Crippen LogP contribution in [-0.4, -0.2) is 28.7 Å². The summed E-state index contributed by atoms with van der Waals surface area (Å²) >= 11 is 0. The van der Waals surface area contributed by atoms with Gasteiger partial charge >= 0.3 is 5.69 Å². The van der Waals surface area contributed by atoms with Crippen molar-refractivity contribution in [3.8, 4) is 0 Å². The Kier molecular flexibility index (Phi) is 3.40. The molecule has 3 rings (SSSR count). The first-order valence-corrected chi connectivity index (χ1v) is 7.15. The summed E-state index contributed by atoms with van der Waals surface area (Å²) in [5.74, 6) is 0. The van der Waals surface area contributed by atoms with Gasteiger partial charge in [-0.05, 0) is 44.4 Å². The molecule has 2 heterocycles. The molecule has 2 unspecified atom stereocenters. The van der Waals surface area contributed by atoms with Crippen molar-refractivity contribution in [2.75, 3.05) is 13.2 Å². The number of benzene rings is 1.